The molecule has 1 heterocycles. The van der Waals surface area contributed by atoms with E-state index in [1.807, 2.05) is 6.07 Å². The first-order valence-corrected chi connectivity index (χ1v) is 8.68. The molecule has 132 valence electrons. The predicted octanol–water partition coefficient (Wildman–Crippen LogP) is 4.16. The largest absolute Gasteiger partial charge is 0.370 e. The zero-order chi connectivity index (χ0) is 18.2. The van der Waals surface area contributed by atoms with Crippen LogP contribution in [0.3, 0.4) is 0 Å². The zero-order valence-electron chi connectivity index (χ0n) is 15.1. The summed E-state index contributed by atoms with van der Waals surface area (Å²) in [6, 6.07) is 10.6. The molecule has 0 saturated carbocycles. The Bertz CT molecular complexity index is 720. The summed E-state index contributed by atoms with van der Waals surface area (Å²) in [5.41, 5.74) is 2.53. The van der Waals surface area contributed by atoms with Gasteiger partial charge in [-0.15, -0.1) is 0 Å². The third-order valence-electron chi connectivity index (χ3n) is 3.86. The highest BCUT2D eigenvalue weighted by molar-refractivity contribution is 6.04. The molecule has 0 fully saturated rings. The van der Waals surface area contributed by atoms with Crippen molar-refractivity contribution in [2.75, 3.05) is 23.3 Å². The molecule has 0 aliphatic heterocycles. The van der Waals surface area contributed by atoms with Crippen LogP contribution in [0, 0.1) is 0 Å². The molecule has 1 aromatic carbocycles. The number of ketones is 1. The van der Waals surface area contributed by atoms with Gasteiger partial charge in [0, 0.05) is 24.3 Å². The smallest absolute Gasteiger partial charge is 0.274 e. The Morgan fingerprint density at radius 1 is 1.08 bits per heavy atom. The molecule has 0 atom stereocenters. The van der Waals surface area contributed by atoms with Gasteiger partial charge in [0.15, 0.2) is 5.78 Å². The van der Waals surface area contributed by atoms with Gasteiger partial charge in [0.1, 0.15) is 5.69 Å². The van der Waals surface area contributed by atoms with E-state index in [1.165, 1.54) is 6.92 Å². The van der Waals surface area contributed by atoms with Crippen molar-refractivity contribution in [2.45, 2.75) is 33.6 Å². The summed E-state index contributed by atoms with van der Waals surface area (Å²) >= 11 is 0. The van der Waals surface area contributed by atoms with Gasteiger partial charge in [0.2, 0.25) is 0 Å². The molecule has 0 aliphatic carbocycles. The van der Waals surface area contributed by atoms with Crippen molar-refractivity contribution in [3.63, 3.8) is 0 Å². The summed E-state index contributed by atoms with van der Waals surface area (Å²) < 4.78 is 0. The second-order valence-corrected chi connectivity index (χ2v) is 5.98. The Morgan fingerprint density at radius 2 is 1.80 bits per heavy atom. The minimum atomic E-state index is -0.287. The van der Waals surface area contributed by atoms with Gasteiger partial charge in [-0.3, -0.25) is 9.59 Å². The number of pyridine rings is 1. The van der Waals surface area contributed by atoms with E-state index in [4.69, 9.17) is 0 Å². The van der Waals surface area contributed by atoms with Crippen molar-refractivity contribution >= 4 is 23.1 Å². The number of aromatic nitrogens is 1. The number of nitrogens with zero attached hydrogens (tertiary/aromatic N) is 2. The first kappa shape index (κ1) is 18.6. The van der Waals surface area contributed by atoms with Crippen LogP contribution in [-0.2, 0) is 0 Å². The number of Topliss-reactive ketones (excluding diaryl/α,β-unsaturated/α-hetero) is 1. The SMILES string of the molecule is CCCN(CCC)c1ccc(C(=O)Nc2cccc(C(C)=O)c2)nc1. The summed E-state index contributed by atoms with van der Waals surface area (Å²) in [6.45, 7) is 7.73. The molecule has 0 aliphatic rings. The number of rotatable bonds is 8. The fraction of sp³-hybridized carbons (Fsp3) is 0.350. The van der Waals surface area contributed by atoms with Crippen LogP contribution in [0.1, 0.15) is 54.5 Å². The molecule has 5 heteroatoms. The Morgan fingerprint density at radius 3 is 2.36 bits per heavy atom. The first-order chi connectivity index (χ1) is 12.0. The average molecular weight is 339 g/mol. The highest BCUT2D eigenvalue weighted by Gasteiger charge is 2.11. The van der Waals surface area contributed by atoms with Crippen molar-refractivity contribution in [2.24, 2.45) is 0 Å². The summed E-state index contributed by atoms with van der Waals surface area (Å²) in [6.07, 6.45) is 3.87. The van der Waals surface area contributed by atoms with E-state index in [0.29, 0.717) is 16.9 Å². The van der Waals surface area contributed by atoms with Gasteiger partial charge in [-0.25, -0.2) is 4.98 Å². The topological polar surface area (TPSA) is 62.3 Å². The van der Waals surface area contributed by atoms with Crippen molar-refractivity contribution in [3.8, 4) is 0 Å². The number of carbonyl (C=O) groups is 2. The summed E-state index contributed by atoms with van der Waals surface area (Å²) in [7, 11) is 0. The van der Waals surface area contributed by atoms with Gasteiger partial charge in [-0.05, 0) is 44.0 Å². The van der Waals surface area contributed by atoms with E-state index < -0.39 is 0 Å². The maximum atomic E-state index is 12.4. The Hall–Kier alpha value is -2.69. The van der Waals surface area contributed by atoms with Gasteiger partial charge in [-0.1, -0.05) is 26.0 Å². The quantitative estimate of drug-likeness (QED) is 0.734. The highest BCUT2D eigenvalue weighted by atomic mass is 16.2. The molecule has 0 saturated heterocycles. The van der Waals surface area contributed by atoms with Crippen LogP contribution in [0.25, 0.3) is 0 Å². The number of amides is 1. The molecule has 1 amide bonds. The number of carbonyl (C=O) groups excluding carboxylic acids is 2. The second-order valence-electron chi connectivity index (χ2n) is 5.98. The normalized spacial score (nSPS) is 10.4. The molecule has 25 heavy (non-hydrogen) atoms. The van der Waals surface area contributed by atoms with Gasteiger partial charge in [0.25, 0.3) is 5.91 Å². The summed E-state index contributed by atoms with van der Waals surface area (Å²) in [4.78, 5) is 30.4. The average Bonchev–Trinajstić information content (AvgIpc) is 2.62. The third-order valence-corrected chi connectivity index (χ3v) is 3.86. The lowest BCUT2D eigenvalue weighted by atomic mass is 10.1. The molecule has 0 unspecified atom stereocenters. The van der Waals surface area contributed by atoms with Gasteiger partial charge in [-0.2, -0.15) is 0 Å². The molecule has 5 nitrogen and oxygen atoms in total. The maximum Gasteiger partial charge on any atom is 0.274 e. The van der Waals surface area contributed by atoms with Gasteiger partial charge in [0.05, 0.1) is 11.9 Å². The molecule has 2 aromatic rings. The lowest BCUT2D eigenvalue weighted by molar-refractivity contribution is 0.100. The van der Waals surface area contributed by atoms with Gasteiger partial charge >= 0.3 is 0 Å². The van der Waals surface area contributed by atoms with Crippen LogP contribution in [-0.4, -0.2) is 29.8 Å². The predicted molar refractivity (Wildman–Crippen MR) is 101 cm³/mol. The number of anilines is 2. The number of hydrogen-bond donors (Lipinski definition) is 1. The minimum absolute atomic E-state index is 0.0366. The van der Waals surface area contributed by atoms with Crippen molar-refractivity contribution in [1.82, 2.24) is 4.98 Å². The summed E-state index contributed by atoms with van der Waals surface area (Å²) in [5.74, 6) is -0.324. The molecule has 0 bridgehead atoms. The standard InChI is InChI=1S/C20H25N3O2/c1-4-11-23(12-5-2)18-9-10-19(21-14-18)20(25)22-17-8-6-7-16(13-17)15(3)24/h6-10,13-14H,4-5,11-12H2,1-3H3,(H,22,25). The van der Waals surface area contributed by atoms with E-state index in [0.717, 1.165) is 31.6 Å². The van der Waals surface area contributed by atoms with E-state index in [-0.39, 0.29) is 11.7 Å². The molecular formula is C20H25N3O2. The van der Waals surface area contributed by atoms with Crippen LogP contribution in [0.4, 0.5) is 11.4 Å². The van der Waals surface area contributed by atoms with Crippen LogP contribution < -0.4 is 10.2 Å². The zero-order valence-corrected chi connectivity index (χ0v) is 15.1. The molecule has 0 spiro atoms. The van der Waals surface area contributed by atoms with E-state index in [1.54, 1.807) is 36.5 Å². The fourth-order valence-corrected chi connectivity index (χ4v) is 2.63. The first-order valence-electron chi connectivity index (χ1n) is 8.68. The molecule has 1 N–H and O–H groups in total. The molecule has 1 aromatic heterocycles. The second kappa shape index (κ2) is 8.97. The van der Waals surface area contributed by atoms with Crippen LogP contribution in [0.15, 0.2) is 42.6 Å². The summed E-state index contributed by atoms with van der Waals surface area (Å²) in [5, 5.41) is 2.79. The van der Waals surface area contributed by atoms with Crippen molar-refractivity contribution < 1.29 is 9.59 Å². The number of hydrogen-bond acceptors (Lipinski definition) is 4. The van der Waals surface area contributed by atoms with E-state index in [2.05, 4.69) is 29.0 Å². The lowest BCUT2D eigenvalue weighted by Gasteiger charge is -2.23. The molecular weight excluding hydrogens is 314 g/mol. The molecule has 2 rings (SSSR count). The van der Waals surface area contributed by atoms with Crippen LogP contribution >= 0.6 is 0 Å². The molecule has 0 radical (unpaired) electrons. The highest BCUT2D eigenvalue weighted by Crippen LogP contribution is 2.16. The Labute approximate surface area is 149 Å². The fourth-order valence-electron chi connectivity index (χ4n) is 2.63. The van der Waals surface area contributed by atoms with Crippen molar-refractivity contribution in [1.29, 1.82) is 0 Å². The van der Waals surface area contributed by atoms with E-state index in [9.17, 15) is 9.59 Å². The lowest BCUT2D eigenvalue weighted by Crippen LogP contribution is -2.25. The Balaban J connectivity index is 2.09. The number of benzene rings is 1. The third kappa shape index (κ3) is 5.14. The van der Waals surface area contributed by atoms with E-state index >= 15 is 0 Å². The minimum Gasteiger partial charge on any atom is -0.370 e. The van der Waals surface area contributed by atoms with Crippen LogP contribution in [0.2, 0.25) is 0 Å². The monoisotopic (exact) mass is 339 g/mol. The number of nitrogens with one attached hydrogen (secondary N) is 1. The van der Waals surface area contributed by atoms with Gasteiger partial charge < -0.3 is 10.2 Å². The van der Waals surface area contributed by atoms with Crippen LogP contribution in [0.5, 0.6) is 0 Å². The maximum absolute atomic E-state index is 12.4. The van der Waals surface area contributed by atoms with Crippen molar-refractivity contribution in [3.05, 3.63) is 53.9 Å². The Kier molecular flexibility index (Phi) is 6.69.